The predicted molar refractivity (Wildman–Crippen MR) is 95.9 cm³/mol. The van der Waals surface area contributed by atoms with Gasteiger partial charge in [-0.3, -0.25) is 14.2 Å². The number of fused-ring (bicyclic) bond motifs is 3. The van der Waals surface area contributed by atoms with E-state index >= 15 is 0 Å². The summed E-state index contributed by atoms with van der Waals surface area (Å²) in [5.74, 6) is -0.218. The van der Waals surface area contributed by atoms with Crippen LogP contribution in [0.1, 0.15) is 29.7 Å². The third kappa shape index (κ3) is 2.59. The molecule has 0 aromatic carbocycles. The van der Waals surface area contributed by atoms with Gasteiger partial charge in [0.15, 0.2) is 5.16 Å². The topological polar surface area (TPSA) is 61.2 Å². The van der Waals surface area contributed by atoms with Crippen LogP contribution < -0.4 is 5.56 Å². The standard InChI is InChI=1S/C17H18N2O3S2/c1-2-8-19-15(20)13-10-5-3-4-6-11(10)23-14(13)18-17(19)24-12-7-9-22-16(12)21/h2,12H,1,3-9H2/t12-/m0/s1. The van der Waals surface area contributed by atoms with Crippen molar-refractivity contribution in [3.05, 3.63) is 33.4 Å². The Bertz CT molecular complexity index is 884. The number of esters is 1. The number of thioether (sulfide) groups is 1. The van der Waals surface area contributed by atoms with E-state index in [0.717, 1.165) is 29.5 Å². The number of carbonyl (C=O) groups excluding carboxylic acids is 1. The molecule has 24 heavy (non-hydrogen) atoms. The van der Waals surface area contributed by atoms with E-state index in [2.05, 4.69) is 6.58 Å². The van der Waals surface area contributed by atoms with Crippen LogP contribution in [0, 0.1) is 0 Å². The summed E-state index contributed by atoms with van der Waals surface area (Å²) in [4.78, 5) is 31.7. The molecule has 4 rings (SSSR count). The zero-order valence-corrected chi connectivity index (χ0v) is 14.9. The van der Waals surface area contributed by atoms with Crippen LogP contribution in [0.4, 0.5) is 0 Å². The molecular weight excluding hydrogens is 344 g/mol. The highest BCUT2D eigenvalue weighted by atomic mass is 32.2. The van der Waals surface area contributed by atoms with E-state index in [-0.39, 0.29) is 16.8 Å². The van der Waals surface area contributed by atoms with Crippen LogP contribution in [0.15, 0.2) is 22.6 Å². The fraction of sp³-hybridized carbons (Fsp3) is 0.471. The molecule has 1 aliphatic heterocycles. The van der Waals surface area contributed by atoms with E-state index in [1.807, 2.05) is 0 Å². The number of hydrogen-bond donors (Lipinski definition) is 0. The molecule has 0 N–H and O–H groups in total. The fourth-order valence-electron chi connectivity index (χ4n) is 3.31. The van der Waals surface area contributed by atoms with Crippen molar-refractivity contribution >= 4 is 39.3 Å². The van der Waals surface area contributed by atoms with Crippen LogP contribution in [0.5, 0.6) is 0 Å². The number of allylic oxidation sites excluding steroid dienone is 1. The Morgan fingerprint density at radius 1 is 1.38 bits per heavy atom. The molecule has 2 aromatic rings. The molecule has 2 aromatic heterocycles. The average molecular weight is 362 g/mol. The highest BCUT2D eigenvalue weighted by Gasteiger charge is 2.30. The minimum atomic E-state index is -0.278. The third-order valence-corrected chi connectivity index (χ3v) is 6.91. The number of ether oxygens (including phenoxy) is 1. The van der Waals surface area contributed by atoms with Crippen molar-refractivity contribution in [3.8, 4) is 0 Å². The van der Waals surface area contributed by atoms with Gasteiger partial charge in [-0.05, 0) is 31.2 Å². The zero-order chi connectivity index (χ0) is 16.7. The van der Waals surface area contributed by atoms with Gasteiger partial charge >= 0.3 is 5.97 Å². The second kappa shape index (κ2) is 6.37. The SMILES string of the molecule is C=CCn1c(S[C@H]2CCOC2=O)nc2sc3c(c2c1=O)CCCC3. The van der Waals surface area contributed by atoms with Crippen molar-refractivity contribution in [3.63, 3.8) is 0 Å². The number of hydrogen-bond acceptors (Lipinski definition) is 6. The Kier molecular flexibility index (Phi) is 4.22. The van der Waals surface area contributed by atoms with Crippen LogP contribution >= 0.6 is 23.1 Å². The van der Waals surface area contributed by atoms with Crippen LogP contribution in [0.25, 0.3) is 10.2 Å². The summed E-state index contributed by atoms with van der Waals surface area (Å²) in [6, 6.07) is 0. The van der Waals surface area contributed by atoms with E-state index in [0.29, 0.717) is 24.7 Å². The van der Waals surface area contributed by atoms with Gasteiger partial charge in [-0.1, -0.05) is 17.8 Å². The van der Waals surface area contributed by atoms with Gasteiger partial charge in [0.2, 0.25) is 0 Å². The molecule has 0 bridgehead atoms. The molecule has 2 aliphatic rings. The number of aryl methyl sites for hydroxylation is 2. The summed E-state index contributed by atoms with van der Waals surface area (Å²) in [5, 5.41) is 1.09. The largest absolute Gasteiger partial charge is 0.465 e. The van der Waals surface area contributed by atoms with Gasteiger partial charge in [-0.25, -0.2) is 4.98 Å². The number of carbonyl (C=O) groups is 1. The van der Waals surface area contributed by atoms with Crippen molar-refractivity contribution in [2.75, 3.05) is 6.61 Å². The Labute approximate surface area is 147 Å². The van der Waals surface area contributed by atoms with Crippen LogP contribution in [0.2, 0.25) is 0 Å². The molecule has 0 saturated carbocycles. The number of rotatable bonds is 4. The first-order chi connectivity index (χ1) is 11.7. The molecule has 1 aliphatic carbocycles. The molecule has 7 heteroatoms. The number of nitrogens with zero attached hydrogens (tertiary/aromatic N) is 2. The van der Waals surface area contributed by atoms with E-state index in [1.54, 1.807) is 22.0 Å². The van der Waals surface area contributed by atoms with Crippen LogP contribution in [-0.4, -0.2) is 27.4 Å². The zero-order valence-electron chi connectivity index (χ0n) is 13.2. The van der Waals surface area contributed by atoms with Crippen LogP contribution in [-0.2, 0) is 28.9 Å². The molecule has 0 unspecified atom stereocenters. The van der Waals surface area contributed by atoms with Gasteiger partial charge in [0.05, 0.1) is 12.0 Å². The summed E-state index contributed by atoms with van der Waals surface area (Å²) in [6.45, 7) is 4.60. The first kappa shape index (κ1) is 15.9. The van der Waals surface area contributed by atoms with Gasteiger partial charge < -0.3 is 4.74 Å². The summed E-state index contributed by atoms with van der Waals surface area (Å²) in [7, 11) is 0. The maximum atomic E-state index is 13.1. The smallest absolute Gasteiger partial charge is 0.319 e. The third-order valence-electron chi connectivity index (χ3n) is 4.49. The van der Waals surface area contributed by atoms with Crippen LogP contribution in [0.3, 0.4) is 0 Å². The first-order valence-corrected chi connectivity index (χ1v) is 9.88. The van der Waals surface area contributed by atoms with E-state index in [4.69, 9.17) is 9.72 Å². The van der Waals surface area contributed by atoms with Gasteiger partial charge in [0.1, 0.15) is 10.1 Å². The summed E-state index contributed by atoms with van der Waals surface area (Å²) >= 11 is 2.97. The maximum absolute atomic E-state index is 13.1. The maximum Gasteiger partial charge on any atom is 0.319 e. The average Bonchev–Trinajstić information content (AvgIpc) is 3.14. The second-order valence-electron chi connectivity index (χ2n) is 6.05. The van der Waals surface area contributed by atoms with E-state index in [9.17, 15) is 9.59 Å². The van der Waals surface area contributed by atoms with Crippen molar-refractivity contribution in [1.82, 2.24) is 9.55 Å². The molecule has 1 fully saturated rings. The van der Waals surface area contributed by atoms with Gasteiger partial charge in [-0.2, -0.15) is 0 Å². The van der Waals surface area contributed by atoms with E-state index < -0.39 is 0 Å². The lowest BCUT2D eigenvalue weighted by Crippen LogP contribution is -2.24. The Balaban J connectivity index is 1.86. The minimum Gasteiger partial charge on any atom is -0.465 e. The fourth-order valence-corrected chi connectivity index (χ4v) is 5.68. The molecule has 5 nitrogen and oxygen atoms in total. The lowest BCUT2D eigenvalue weighted by molar-refractivity contribution is -0.137. The molecule has 1 saturated heterocycles. The van der Waals surface area contributed by atoms with Crippen molar-refractivity contribution < 1.29 is 9.53 Å². The second-order valence-corrected chi connectivity index (χ2v) is 8.31. The molecule has 3 heterocycles. The van der Waals surface area contributed by atoms with Gasteiger partial charge in [0.25, 0.3) is 5.56 Å². The van der Waals surface area contributed by atoms with E-state index in [1.165, 1.54) is 28.6 Å². The highest BCUT2D eigenvalue weighted by Crippen LogP contribution is 2.36. The Morgan fingerprint density at radius 3 is 2.96 bits per heavy atom. The van der Waals surface area contributed by atoms with Gasteiger partial charge in [-0.15, -0.1) is 17.9 Å². The molecule has 0 spiro atoms. The van der Waals surface area contributed by atoms with Crippen molar-refractivity contribution in [2.24, 2.45) is 0 Å². The first-order valence-electron chi connectivity index (χ1n) is 8.18. The normalized spacial score (nSPS) is 20.2. The number of cyclic esters (lactones) is 1. The number of thiophene rings is 1. The monoisotopic (exact) mass is 362 g/mol. The molecule has 1 atom stereocenters. The Morgan fingerprint density at radius 2 is 2.21 bits per heavy atom. The lowest BCUT2D eigenvalue weighted by Gasteiger charge is -2.13. The van der Waals surface area contributed by atoms with Gasteiger partial charge in [0, 0.05) is 17.8 Å². The minimum absolute atomic E-state index is 0.00633. The molecular formula is C17H18N2O3S2. The number of aromatic nitrogens is 2. The summed E-state index contributed by atoms with van der Waals surface area (Å²) < 4.78 is 6.68. The quantitative estimate of drug-likeness (QED) is 0.475. The molecule has 126 valence electrons. The summed E-state index contributed by atoms with van der Waals surface area (Å²) in [6.07, 6.45) is 6.66. The molecule has 0 amide bonds. The van der Waals surface area contributed by atoms with Crippen molar-refractivity contribution in [1.29, 1.82) is 0 Å². The predicted octanol–water partition coefficient (Wildman–Crippen LogP) is 2.93. The molecule has 0 radical (unpaired) electrons. The van der Waals surface area contributed by atoms with Crippen molar-refractivity contribution in [2.45, 2.75) is 49.1 Å². The lowest BCUT2D eigenvalue weighted by atomic mass is 9.97. The Hall–Kier alpha value is -1.60. The highest BCUT2D eigenvalue weighted by molar-refractivity contribution is 8.00. The summed E-state index contributed by atoms with van der Waals surface area (Å²) in [5.41, 5.74) is 1.18.